The molecule has 16 heavy (non-hydrogen) atoms. The van der Waals surface area contributed by atoms with Crippen molar-refractivity contribution < 1.29 is 0 Å². The number of rotatable bonds is 3. The van der Waals surface area contributed by atoms with E-state index in [9.17, 15) is 0 Å². The summed E-state index contributed by atoms with van der Waals surface area (Å²) in [6.07, 6.45) is 7.17. The molecular weight excluding hydrogens is 202 g/mol. The first-order valence-electron chi connectivity index (χ1n) is 4.87. The lowest BCUT2D eigenvalue weighted by molar-refractivity contribution is 0.496. The lowest BCUT2D eigenvalue weighted by atomic mass is 10.2. The van der Waals surface area contributed by atoms with E-state index in [0.29, 0.717) is 0 Å². The Labute approximate surface area is 93.7 Å². The number of aromatic nitrogens is 3. The summed E-state index contributed by atoms with van der Waals surface area (Å²) in [5.41, 5.74) is 3.16. The van der Waals surface area contributed by atoms with E-state index in [1.165, 1.54) is 6.33 Å². The predicted octanol–water partition coefficient (Wildman–Crippen LogP) is 1.64. The second kappa shape index (κ2) is 4.14. The van der Waals surface area contributed by atoms with E-state index in [4.69, 9.17) is 0 Å². The summed E-state index contributed by atoms with van der Waals surface area (Å²) in [5, 5.41) is 9.56. The Morgan fingerprint density at radius 2 is 2.44 bits per heavy atom. The fourth-order valence-corrected chi connectivity index (χ4v) is 1.47. The highest BCUT2D eigenvalue weighted by Crippen LogP contribution is 2.17. The molecule has 0 unspecified atom stereocenters. The zero-order valence-corrected chi connectivity index (χ0v) is 9.33. The van der Waals surface area contributed by atoms with Gasteiger partial charge in [0.15, 0.2) is 0 Å². The molecule has 0 saturated heterocycles. The van der Waals surface area contributed by atoms with Gasteiger partial charge in [-0.1, -0.05) is 0 Å². The molecule has 0 atom stereocenters. The van der Waals surface area contributed by atoms with Gasteiger partial charge in [0.1, 0.15) is 6.33 Å². The summed E-state index contributed by atoms with van der Waals surface area (Å²) in [4.78, 5) is 3.97. The molecule has 0 amide bonds. The molecular formula is C11H13N5. The average molecular weight is 215 g/mol. The van der Waals surface area contributed by atoms with Gasteiger partial charge in [-0.15, -0.1) is 0 Å². The highest BCUT2D eigenvalue weighted by atomic mass is 15.4. The summed E-state index contributed by atoms with van der Waals surface area (Å²) in [7, 11) is 1.84. The van der Waals surface area contributed by atoms with Crippen molar-refractivity contribution in [3.8, 4) is 0 Å². The van der Waals surface area contributed by atoms with Crippen LogP contribution >= 0.6 is 0 Å². The van der Waals surface area contributed by atoms with E-state index in [1.807, 2.05) is 32.4 Å². The molecule has 0 N–H and O–H groups in total. The van der Waals surface area contributed by atoms with Crippen LogP contribution in [-0.2, 0) is 0 Å². The van der Waals surface area contributed by atoms with E-state index in [-0.39, 0.29) is 0 Å². The van der Waals surface area contributed by atoms with Gasteiger partial charge in [0.25, 0.3) is 0 Å². The van der Waals surface area contributed by atoms with E-state index in [2.05, 4.69) is 21.9 Å². The average Bonchev–Trinajstić information content (AvgIpc) is 2.72. The standard InChI is InChI=1S/C11H13N5/c1-9(6-15(3)12-2)10-4-11-5-13-8-14-16(11)7-10/h4-8H,2H2,1,3H3/b9-6+. The minimum absolute atomic E-state index is 0.972. The molecule has 2 rings (SSSR count). The lowest BCUT2D eigenvalue weighted by Gasteiger charge is -2.06. The minimum atomic E-state index is 0.972. The number of fused-ring (bicyclic) bond motifs is 1. The van der Waals surface area contributed by atoms with Gasteiger partial charge in [-0.3, -0.25) is 5.01 Å². The number of hydrogen-bond acceptors (Lipinski definition) is 4. The Kier molecular flexibility index (Phi) is 2.68. The van der Waals surface area contributed by atoms with Crippen LogP contribution < -0.4 is 0 Å². The van der Waals surface area contributed by atoms with Crippen molar-refractivity contribution in [2.75, 3.05) is 7.05 Å². The van der Waals surface area contributed by atoms with Crippen molar-refractivity contribution in [2.24, 2.45) is 5.10 Å². The van der Waals surface area contributed by atoms with Crippen LogP contribution in [0.4, 0.5) is 0 Å². The number of nitrogens with zero attached hydrogens (tertiary/aromatic N) is 5. The molecule has 0 aromatic carbocycles. The van der Waals surface area contributed by atoms with Gasteiger partial charge in [-0.05, 0) is 24.1 Å². The van der Waals surface area contributed by atoms with E-state index < -0.39 is 0 Å². The molecule has 0 saturated carbocycles. The van der Waals surface area contributed by atoms with E-state index in [1.54, 1.807) is 15.7 Å². The molecule has 0 radical (unpaired) electrons. The maximum absolute atomic E-state index is 4.11. The Morgan fingerprint density at radius 1 is 1.62 bits per heavy atom. The maximum atomic E-state index is 4.11. The molecule has 2 aromatic heterocycles. The Hall–Kier alpha value is -2.17. The van der Waals surface area contributed by atoms with Crippen molar-refractivity contribution in [3.05, 3.63) is 36.6 Å². The van der Waals surface area contributed by atoms with Gasteiger partial charge in [-0.25, -0.2) is 9.50 Å². The third-order valence-corrected chi connectivity index (χ3v) is 2.34. The predicted molar refractivity (Wildman–Crippen MR) is 64.0 cm³/mol. The largest absolute Gasteiger partial charge is 0.276 e. The maximum Gasteiger partial charge on any atom is 0.136 e. The normalized spacial score (nSPS) is 11.8. The third-order valence-electron chi connectivity index (χ3n) is 2.34. The lowest BCUT2D eigenvalue weighted by Crippen LogP contribution is -2.00. The van der Waals surface area contributed by atoms with Gasteiger partial charge >= 0.3 is 0 Å². The number of allylic oxidation sites excluding steroid dienone is 1. The molecule has 0 spiro atoms. The molecule has 0 aliphatic rings. The first-order valence-corrected chi connectivity index (χ1v) is 4.87. The SMILES string of the molecule is C=NN(C)/C=C(\C)c1cc2cncnn2c1. The fraction of sp³-hybridized carbons (Fsp3) is 0.182. The summed E-state index contributed by atoms with van der Waals surface area (Å²) >= 11 is 0. The highest BCUT2D eigenvalue weighted by molar-refractivity contribution is 5.68. The molecule has 5 heteroatoms. The van der Waals surface area contributed by atoms with Crippen LogP contribution in [0.3, 0.4) is 0 Å². The van der Waals surface area contributed by atoms with E-state index in [0.717, 1.165) is 16.7 Å². The summed E-state index contributed by atoms with van der Waals surface area (Å²) in [6.45, 7) is 5.47. The van der Waals surface area contributed by atoms with E-state index >= 15 is 0 Å². The summed E-state index contributed by atoms with van der Waals surface area (Å²) in [6, 6.07) is 2.03. The van der Waals surface area contributed by atoms with Crippen molar-refractivity contribution in [3.63, 3.8) is 0 Å². The molecule has 0 aliphatic heterocycles. The van der Waals surface area contributed by atoms with Gasteiger partial charge in [0.2, 0.25) is 0 Å². The van der Waals surface area contributed by atoms with Crippen molar-refractivity contribution in [2.45, 2.75) is 6.92 Å². The monoisotopic (exact) mass is 215 g/mol. The second-order valence-electron chi connectivity index (χ2n) is 3.53. The van der Waals surface area contributed by atoms with Crippen molar-refractivity contribution in [1.29, 1.82) is 0 Å². The molecule has 5 nitrogen and oxygen atoms in total. The highest BCUT2D eigenvalue weighted by Gasteiger charge is 2.02. The van der Waals surface area contributed by atoms with Crippen LogP contribution in [0.5, 0.6) is 0 Å². The van der Waals surface area contributed by atoms with Gasteiger partial charge in [-0.2, -0.15) is 10.2 Å². The molecule has 2 aromatic rings. The van der Waals surface area contributed by atoms with Gasteiger partial charge in [0, 0.05) is 26.2 Å². The molecule has 0 bridgehead atoms. The topological polar surface area (TPSA) is 45.8 Å². The minimum Gasteiger partial charge on any atom is -0.276 e. The smallest absolute Gasteiger partial charge is 0.136 e. The van der Waals surface area contributed by atoms with Crippen LogP contribution in [0.2, 0.25) is 0 Å². The quantitative estimate of drug-likeness (QED) is 0.577. The van der Waals surface area contributed by atoms with Crippen LogP contribution in [0.25, 0.3) is 11.1 Å². The third kappa shape index (κ3) is 1.93. The van der Waals surface area contributed by atoms with Crippen LogP contribution in [0.1, 0.15) is 12.5 Å². The van der Waals surface area contributed by atoms with Crippen LogP contribution in [-0.4, -0.2) is 33.4 Å². The van der Waals surface area contributed by atoms with Crippen LogP contribution in [0.15, 0.2) is 36.1 Å². The first kappa shape index (κ1) is 10.4. The van der Waals surface area contributed by atoms with Gasteiger partial charge in [0.05, 0.1) is 11.7 Å². The van der Waals surface area contributed by atoms with Crippen molar-refractivity contribution in [1.82, 2.24) is 19.6 Å². The fourth-order valence-electron chi connectivity index (χ4n) is 1.47. The molecule has 0 fully saturated rings. The number of hydrogen-bond donors (Lipinski definition) is 0. The molecule has 0 aliphatic carbocycles. The molecule has 82 valence electrons. The Morgan fingerprint density at radius 3 is 3.12 bits per heavy atom. The first-order chi connectivity index (χ1) is 7.70. The van der Waals surface area contributed by atoms with Gasteiger partial charge < -0.3 is 0 Å². The van der Waals surface area contributed by atoms with Crippen LogP contribution in [0, 0.1) is 0 Å². The Balaban J connectivity index is 2.40. The Bertz CT molecular complexity index is 507. The zero-order valence-electron chi connectivity index (χ0n) is 9.33. The van der Waals surface area contributed by atoms with Crippen molar-refractivity contribution >= 4 is 17.8 Å². The second-order valence-corrected chi connectivity index (χ2v) is 3.53. The summed E-state index contributed by atoms with van der Waals surface area (Å²) < 4.78 is 1.79. The zero-order chi connectivity index (χ0) is 11.5. The molecule has 2 heterocycles. The summed E-state index contributed by atoms with van der Waals surface area (Å²) in [5.74, 6) is 0. The number of hydrazone groups is 1.